The Morgan fingerprint density at radius 1 is 0.960 bits per heavy atom. The zero-order valence-electron chi connectivity index (χ0n) is 15.6. The van der Waals surface area contributed by atoms with Gasteiger partial charge in [-0.3, -0.25) is 0 Å². The van der Waals surface area contributed by atoms with Gasteiger partial charge in [-0.2, -0.15) is 5.26 Å². The first-order valence-electron chi connectivity index (χ1n) is 8.48. The molecule has 2 rings (SSSR count). The molecule has 128 valence electrons. The van der Waals surface area contributed by atoms with Gasteiger partial charge in [-0.1, -0.05) is 69.0 Å². The molecule has 3 heteroatoms. The molecule has 0 saturated carbocycles. The minimum Gasteiger partial charge on any atom is -0.399 e. The van der Waals surface area contributed by atoms with E-state index in [-0.39, 0.29) is 5.04 Å². The maximum Gasteiger partial charge on any atom is 0.194 e. The number of hydrogen-bond donors (Lipinski definition) is 0. The molecule has 0 bridgehead atoms. The van der Waals surface area contributed by atoms with Gasteiger partial charge in [-0.25, -0.2) is 0 Å². The van der Waals surface area contributed by atoms with Gasteiger partial charge in [0, 0.05) is 11.1 Å². The molecule has 0 spiro atoms. The molecule has 0 aromatic heterocycles. The zero-order valence-corrected chi connectivity index (χ0v) is 16.6. The van der Waals surface area contributed by atoms with Crippen LogP contribution in [-0.4, -0.2) is 8.32 Å². The molecule has 0 aliphatic heterocycles. The summed E-state index contributed by atoms with van der Waals surface area (Å²) in [5.41, 5.74) is 2.41. The van der Waals surface area contributed by atoms with E-state index in [1.54, 1.807) is 0 Å². The van der Waals surface area contributed by atoms with E-state index in [0.29, 0.717) is 5.56 Å². The van der Waals surface area contributed by atoms with E-state index in [2.05, 4.69) is 51.8 Å². The van der Waals surface area contributed by atoms with Crippen molar-refractivity contribution in [3.05, 3.63) is 71.3 Å². The van der Waals surface area contributed by atoms with Crippen molar-refractivity contribution in [3.8, 4) is 17.9 Å². The van der Waals surface area contributed by atoms with E-state index < -0.39 is 14.4 Å². The fraction of sp³-hybridized carbons (Fsp3) is 0.318. The number of rotatable bonds is 3. The van der Waals surface area contributed by atoms with Crippen molar-refractivity contribution in [3.63, 3.8) is 0 Å². The summed E-state index contributed by atoms with van der Waals surface area (Å²) in [6, 6.07) is 19.7. The Balaban J connectivity index is 2.46. The van der Waals surface area contributed by atoms with Crippen LogP contribution < -0.4 is 0 Å². The molecule has 25 heavy (non-hydrogen) atoms. The average Bonchev–Trinajstić information content (AvgIpc) is 2.58. The summed E-state index contributed by atoms with van der Waals surface area (Å²) in [6.07, 6.45) is -0.406. The molecular formula is C22H25NOSi. The van der Waals surface area contributed by atoms with Crippen molar-refractivity contribution in [2.45, 2.75) is 45.0 Å². The van der Waals surface area contributed by atoms with E-state index >= 15 is 0 Å². The van der Waals surface area contributed by atoms with Crippen LogP contribution in [0, 0.1) is 23.2 Å². The van der Waals surface area contributed by atoms with Crippen molar-refractivity contribution < 1.29 is 4.43 Å². The van der Waals surface area contributed by atoms with Crippen LogP contribution in [0.2, 0.25) is 18.1 Å². The highest BCUT2D eigenvalue weighted by Crippen LogP contribution is 2.40. The summed E-state index contributed by atoms with van der Waals surface area (Å²) in [7, 11) is -2.04. The van der Waals surface area contributed by atoms with E-state index in [0.717, 1.165) is 11.1 Å². The zero-order chi connectivity index (χ0) is 18.5. The Morgan fingerprint density at radius 3 is 2.16 bits per heavy atom. The maximum atomic E-state index is 9.47. The van der Waals surface area contributed by atoms with E-state index in [9.17, 15) is 5.26 Å². The van der Waals surface area contributed by atoms with Gasteiger partial charge in [-0.15, -0.1) is 0 Å². The molecule has 0 aliphatic rings. The van der Waals surface area contributed by atoms with E-state index in [1.807, 2.05) is 54.6 Å². The summed E-state index contributed by atoms with van der Waals surface area (Å²) in [5.74, 6) is 6.47. The molecule has 0 amide bonds. The molecular weight excluding hydrogens is 322 g/mol. The third-order valence-electron chi connectivity index (χ3n) is 4.70. The molecule has 0 fully saturated rings. The first-order valence-corrected chi connectivity index (χ1v) is 11.4. The first-order chi connectivity index (χ1) is 11.7. The summed E-state index contributed by atoms with van der Waals surface area (Å²) < 4.78 is 6.57. The van der Waals surface area contributed by atoms with Crippen molar-refractivity contribution in [2.75, 3.05) is 0 Å². The molecule has 0 saturated heterocycles. The van der Waals surface area contributed by atoms with Crippen LogP contribution in [0.3, 0.4) is 0 Å². The van der Waals surface area contributed by atoms with Gasteiger partial charge in [0.2, 0.25) is 0 Å². The Kier molecular flexibility index (Phi) is 5.85. The van der Waals surface area contributed by atoms with Gasteiger partial charge in [0.25, 0.3) is 0 Å². The topological polar surface area (TPSA) is 33.0 Å². The number of benzene rings is 2. The first kappa shape index (κ1) is 19.0. The number of nitriles is 1. The highest BCUT2D eigenvalue weighted by atomic mass is 28.4. The fourth-order valence-corrected chi connectivity index (χ4v) is 3.27. The second-order valence-corrected chi connectivity index (χ2v) is 12.3. The minimum atomic E-state index is -2.04. The highest BCUT2D eigenvalue weighted by molar-refractivity contribution is 6.74. The Bertz CT molecular complexity index is 817. The third-order valence-corrected chi connectivity index (χ3v) is 9.14. The Hall–Kier alpha value is -2.33. The van der Waals surface area contributed by atoms with Crippen molar-refractivity contribution in [1.82, 2.24) is 0 Å². The van der Waals surface area contributed by atoms with Crippen LogP contribution >= 0.6 is 0 Å². The van der Waals surface area contributed by atoms with Gasteiger partial charge in [0.05, 0.1) is 11.6 Å². The summed E-state index contributed by atoms with van der Waals surface area (Å²) in [5, 5.41) is 9.54. The third kappa shape index (κ3) is 4.83. The van der Waals surface area contributed by atoms with Crippen LogP contribution in [0.4, 0.5) is 0 Å². The van der Waals surface area contributed by atoms with Gasteiger partial charge < -0.3 is 4.43 Å². The Labute approximate surface area is 152 Å². The SMILES string of the molecule is CC(C)(C)[Si](C)(C)OC(C#Cc1ccccc1)c1ccccc1C#N. The average molecular weight is 348 g/mol. The molecule has 0 aliphatic carbocycles. The van der Waals surface area contributed by atoms with Crippen LogP contribution in [0.15, 0.2) is 54.6 Å². The minimum absolute atomic E-state index is 0.0707. The molecule has 2 aromatic carbocycles. The van der Waals surface area contributed by atoms with Gasteiger partial charge in [0.1, 0.15) is 6.10 Å². The molecule has 1 atom stereocenters. The van der Waals surface area contributed by atoms with Crippen LogP contribution in [0.1, 0.15) is 43.6 Å². The standard InChI is InChI=1S/C22H25NOSi/c1-22(2,3)25(4,5)24-21(16-15-18-11-7-6-8-12-18)20-14-10-9-13-19(20)17-23/h6-14,21H,1-5H3. The Morgan fingerprint density at radius 2 is 1.56 bits per heavy atom. The fourth-order valence-electron chi connectivity index (χ4n) is 2.14. The predicted octanol–water partition coefficient (Wildman–Crippen LogP) is 5.67. The van der Waals surface area contributed by atoms with Crippen LogP contribution in [0.5, 0.6) is 0 Å². The number of nitrogens with zero attached hydrogens (tertiary/aromatic N) is 1. The lowest BCUT2D eigenvalue weighted by atomic mass is 10.0. The molecule has 0 heterocycles. The lowest BCUT2D eigenvalue weighted by Crippen LogP contribution is -2.41. The predicted molar refractivity (Wildman–Crippen MR) is 106 cm³/mol. The van der Waals surface area contributed by atoms with Crippen molar-refractivity contribution in [2.24, 2.45) is 0 Å². The highest BCUT2D eigenvalue weighted by Gasteiger charge is 2.39. The smallest absolute Gasteiger partial charge is 0.194 e. The van der Waals surface area contributed by atoms with Gasteiger partial charge in [-0.05, 0) is 36.3 Å². The monoisotopic (exact) mass is 347 g/mol. The molecule has 2 aromatic rings. The van der Waals surface area contributed by atoms with Gasteiger partial charge >= 0.3 is 0 Å². The molecule has 0 radical (unpaired) electrons. The molecule has 2 nitrogen and oxygen atoms in total. The molecule has 0 N–H and O–H groups in total. The summed E-state index contributed by atoms with van der Waals surface area (Å²) in [6.45, 7) is 11.0. The quantitative estimate of drug-likeness (QED) is 0.529. The van der Waals surface area contributed by atoms with Crippen LogP contribution in [-0.2, 0) is 4.43 Å². The lowest BCUT2D eigenvalue weighted by molar-refractivity contribution is 0.238. The maximum absolute atomic E-state index is 9.47. The summed E-state index contributed by atoms with van der Waals surface area (Å²) >= 11 is 0. The van der Waals surface area contributed by atoms with E-state index in [4.69, 9.17) is 4.43 Å². The second-order valence-electron chi connectivity index (χ2n) is 7.59. The number of hydrogen-bond acceptors (Lipinski definition) is 2. The second kappa shape index (κ2) is 7.70. The normalized spacial score (nSPS) is 12.6. The summed E-state index contributed by atoms with van der Waals surface area (Å²) in [4.78, 5) is 0. The van der Waals surface area contributed by atoms with E-state index in [1.165, 1.54) is 0 Å². The van der Waals surface area contributed by atoms with Gasteiger partial charge in [0.15, 0.2) is 8.32 Å². The van der Waals surface area contributed by atoms with Crippen molar-refractivity contribution in [1.29, 1.82) is 5.26 Å². The largest absolute Gasteiger partial charge is 0.399 e. The molecule has 1 unspecified atom stereocenters. The van der Waals surface area contributed by atoms with Crippen molar-refractivity contribution >= 4 is 8.32 Å². The lowest BCUT2D eigenvalue weighted by Gasteiger charge is -2.38. The van der Waals surface area contributed by atoms with Crippen LogP contribution in [0.25, 0.3) is 0 Å².